The van der Waals surface area contributed by atoms with Gasteiger partial charge in [-0.05, 0) is 45.1 Å². The van der Waals surface area contributed by atoms with E-state index >= 15 is 0 Å². The van der Waals surface area contributed by atoms with E-state index in [9.17, 15) is 4.79 Å². The standard InChI is InChI=1S/C15H27NO/c1-12(17)15(2,3)11-16-10-6-8-13-7-4-5-9-14(13)16/h13-14H,4-11H2,1-3H3/t13-,14-/m1/s1. The lowest BCUT2D eigenvalue weighted by Crippen LogP contribution is -2.51. The quantitative estimate of drug-likeness (QED) is 0.751. The molecule has 0 aromatic rings. The molecule has 0 bridgehead atoms. The van der Waals surface area contributed by atoms with Crippen molar-refractivity contribution >= 4 is 5.78 Å². The van der Waals surface area contributed by atoms with Gasteiger partial charge in [0.05, 0.1) is 0 Å². The molecule has 0 unspecified atom stereocenters. The third-order valence-electron chi connectivity index (χ3n) is 4.91. The highest BCUT2D eigenvalue weighted by Gasteiger charge is 2.36. The van der Waals surface area contributed by atoms with Crippen LogP contribution in [-0.4, -0.2) is 29.8 Å². The Kier molecular flexibility index (Phi) is 3.92. The van der Waals surface area contributed by atoms with E-state index in [1.54, 1.807) is 6.92 Å². The molecule has 2 atom stereocenters. The summed E-state index contributed by atoms with van der Waals surface area (Å²) >= 11 is 0. The second-order valence-corrected chi connectivity index (χ2v) is 6.66. The minimum Gasteiger partial charge on any atom is -0.299 e. The van der Waals surface area contributed by atoms with Gasteiger partial charge in [-0.3, -0.25) is 9.69 Å². The molecule has 1 aliphatic carbocycles. The van der Waals surface area contributed by atoms with Crippen LogP contribution in [0, 0.1) is 11.3 Å². The van der Waals surface area contributed by atoms with Crippen molar-refractivity contribution in [2.75, 3.05) is 13.1 Å². The lowest BCUT2D eigenvalue weighted by molar-refractivity contribution is -0.126. The third kappa shape index (κ3) is 2.90. The van der Waals surface area contributed by atoms with Crippen molar-refractivity contribution in [1.29, 1.82) is 0 Å². The van der Waals surface area contributed by atoms with Gasteiger partial charge in [0.1, 0.15) is 5.78 Å². The number of likely N-dealkylation sites (tertiary alicyclic amines) is 1. The number of hydrogen-bond donors (Lipinski definition) is 0. The largest absolute Gasteiger partial charge is 0.299 e. The van der Waals surface area contributed by atoms with E-state index in [0.717, 1.165) is 18.5 Å². The van der Waals surface area contributed by atoms with Crippen LogP contribution in [0.2, 0.25) is 0 Å². The number of fused-ring (bicyclic) bond motifs is 1. The molecule has 98 valence electrons. The van der Waals surface area contributed by atoms with Gasteiger partial charge in [-0.15, -0.1) is 0 Å². The van der Waals surface area contributed by atoms with Crippen LogP contribution in [0.3, 0.4) is 0 Å². The third-order valence-corrected chi connectivity index (χ3v) is 4.91. The zero-order valence-corrected chi connectivity index (χ0v) is 11.7. The first-order valence-corrected chi connectivity index (χ1v) is 7.26. The predicted molar refractivity (Wildman–Crippen MR) is 71.0 cm³/mol. The minimum atomic E-state index is -0.167. The maximum Gasteiger partial charge on any atom is 0.136 e. The van der Waals surface area contributed by atoms with E-state index in [1.807, 2.05) is 0 Å². The first kappa shape index (κ1) is 13.1. The fourth-order valence-electron chi connectivity index (χ4n) is 3.54. The van der Waals surface area contributed by atoms with Crippen molar-refractivity contribution in [1.82, 2.24) is 4.90 Å². The van der Waals surface area contributed by atoms with Gasteiger partial charge in [0.15, 0.2) is 0 Å². The molecule has 0 aromatic carbocycles. The topological polar surface area (TPSA) is 20.3 Å². The first-order valence-electron chi connectivity index (χ1n) is 7.26. The highest BCUT2D eigenvalue weighted by molar-refractivity contribution is 5.81. The smallest absolute Gasteiger partial charge is 0.136 e. The van der Waals surface area contributed by atoms with Crippen molar-refractivity contribution < 1.29 is 4.79 Å². The van der Waals surface area contributed by atoms with E-state index < -0.39 is 0 Å². The molecule has 2 aliphatic rings. The fourth-order valence-corrected chi connectivity index (χ4v) is 3.54. The van der Waals surface area contributed by atoms with E-state index in [-0.39, 0.29) is 5.41 Å². The number of Topliss-reactive ketones (excluding diaryl/α,β-unsaturated/α-hetero) is 1. The summed E-state index contributed by atoms with van der Waals surface area (Å²) in [6.45, 7) is 8.10. The highest BCUT2D eigenvalue weighted by Crippen LogP contribution is 2.36. The molecule has 1 saturated heterocycles. The predicted octanol–water partition coefficient (Wildman–Crippen LogP) is 3.26. The Bertz CT molecular complexity index is 283. The summed E-state index contributed by atoms with van der Waals surface area (Å²) in [5, 5.41) is 0. The zero-order chi connectivity index (χ0) is 12.5. The van der Waals surface area contributed by atoms with Gasteiger partial charge in [-0.25, -0.2) is 0 Å². The van der Waals surface area contributed by atoms with Crippen molar-refractivity contribution in [3.05, 3.63) is 0 Å². The van der Waals surface area contributed by atoms with Crippen molar-refractivity contribution in [3.8, 4) is 0 Å². The number of rotatable bonds is 3. The van der Waals surface area contributed by atoms with E-state index in [0.29, 0.717) is 5.78 Å². The number of piperidine rings is 1. The van der Waals surface area contributed by atoms with Crippen molar-refractivity contribution in [2.45, 2.75) is 65.3 Å². The minimum absolute atomic E-state index is 0.167. The molecule has 0 radical (unpaired) electrons. The maximum atomic E-state index is 11.7. The molecule has 0 N–H and O–H groups in total. The van der Waals surface area contributed by atoms with Crippen molar-refractivity contribution in [2.24, 2.45) is 11.3 Å². The molecule has 2 heteroatoms. The molecular formula is C15H27NO. The van der Waals surface area contributed by atoms with Gasteiger partial charge >= 0.3 is 0 Å². The average molecular weight is 237 g/mol. The summed E-state index contributed by atoms with van der Waals surface area (Å²) in [5.41, 5.74) is -0.167. The van der Waals surface area contributed by atoms with E-state index in [1.165, 1.54) is 45.1 Å². The van der Waals surface area contributed by atoms with Gasteiger partial charge in [-0.1, -0.05) is 26.7 Å². The highest BCUT2D eigenvalue weighted by atomic mass is 16.1. The molecular weight excluding hydrogens is 210 g/mol. The second-order valence-electron chi connectivity index (χ2n) is 6.66. The Balaban J connectivity index is 2.01. The lowest BCUT2D eigenvalue weighted by atomic mass is 9.77. The van der Waals surface area contributed by atoms with Gasteiger partial charge in [0.2, 0.25) is 0 Å². The second kappa shape index (κ2) is 5.09. The molecule has 0 aromatic heterocycles. The van der Waals surface area contributed by atoms with Crippen LogP contribution in [0.4, 0.5) is 0 Å². The number of nitrogens with zero attached hydrogens (tertiary/aromatic N) is 1. The molecule has 1 heterocycles. The Morgan fingerprint density at radius 1 is 1.18 bits per heavy atom. The van der Waals surface area contributed by atoms with Crippen LogP contribution in [-0.2, 0) is 4.79 Å². The lowest BCUT2D eigenvalue weighted by Gasteiger charge is -2.46. The number of carbonyl (C=O) groups excluding carboxylic acids is 1. The average Bonchev–Trinajstić information content (AvgIpc) is 2.29. The van der Waals surface area contributed by atoms with Crippen molar-refractivity contribution in [3.63, 3.8) is 0 Å². The molecule has 17 heavy (non-hydrogen) atoms. The molecule has 0 spiro atoms. The van der Waals surface area contributed by atoms with Crippen LogP contribution in [0.15, 0.2) is 0 Å². The monoisotopic (exact) mass is 237 g/mol. The summed E-state index contributed by atoms with van der Waals surface area (Å²) in [6, 6.07) is 0.774. The SMILES string of the molecule is CC(=O)C(C)(C)CN1CCC[C@H]2CCCC[C@H]21. The normalized spacial score (nSPS) is 31.0. The van der Waals surface area contributed by atoms with Gasteiger partial charge in [-0.2, -0.15) is 0 Å². The Morgan fingerprint density at radius 2 is 1.82 bits per heavy atom. The van der Waals surface area contributed by atoms with Crippen LogP contribution in [0.1, 0.15) is 59.3 Å². The summed E-state index contributed by atoms with van der Waals surface area (Å²) in [5.74, 6) is 1.25. The summed E-state index contributed by atoms with van der Waals surface area (Å²) < 4.78 is 0. The fraction of sp³-hybridized carbons (Fsp3) is 0.933. The van der Waals surface area contributed by atoms with E-state index in [2.05, 4.69) is 18.7 Å². The number of carbonyl (C=O) groups is 1. The van der Waals surface area contributed by atoms with E-state index in [4.69, 9.17) is 0 Å². The molecule has 2 nitrogen and oxygen atoms in total. The molecule has 0 amide bonds. The maximum absolute atomic E-state index is 11.7. The zero-order valence-electron chi connectivity index (χ0n) is 11.7. The summed E-state index contributed by atoms with van der Waals surface area (Å²) in [7, 11) is 0. The van der Waals surface area contributed by atoms with Gasteiger partial charge in [0, 0.05) is 18.0 Å². The summed E-state index contributed by atoms with van der Waals surface area (Å²) in [4.78, 5) is 14.3. The molecule has 2 fully saturated rings. The number of ketones is 1. The van der Waals surface area contributed by atoms with Gasteiger partial charge < -0.3 is 0 Å². The van der Waals surface area contributed by atoms with Crippen LogP contribution in [0.5, 0.6) is 0 Å². The number of hydrogen-bond acceptors (Lipinski definition) is 2. The Morgan fingerprint density at radius 3 is 2.53 bits per heavy atom. The van der Waals surface area contributed by atoms with Crippen LogP contribution < -0.4 is 0 Å². The summed E-state index contributed by atoms with van der Waals surface area (Å²) in [6.07, 6.45) is 8.33. The van der Waals surface area contributed by atoms with Crippen LogP contribution >= 0.6 is 0 Å². The van der Waals surface area contributed by atoms with Crippen LogP contribution in [0.25, 0.3) is 0 Å². The Hall–Kier alpha value is -0.370. The Labute approximate surface area is 106 Å². The molecule has 1 saturated carbocycles. The first-order chi connectivity index (χ1) is 8.00. The van der Waals surface area contributed by atoms with Gasteiger partial charge in [0.25, 0.3) is 0 Å². The molecule has 1 aliphatic heterocycles. The molecule has 2 rings (SSSR count).